The van der Waals surface area contributed by atoms with E-state index in [2.05, 4.69) is 17.1 Å². The van der Waals surface area contributed by atoms with Crippen molar-refractivity contribution < 1.29 is 19.2 Å². The highest BCUT2D eigenvalue weighted by Crippen LogP contribution is 2.34. The van der Waals surface area contributed by atoms with Gasteiger partial charge in [-0.25, -0.2) is 0 Å². The van der Waals surface area contributed by atoms with Gasteiger partial charge in [-0.1, -0.05) is 30.7 Å². The van der Waals surface area contributed by atoms with E-state index in [0.29, 0.717) is 24.6 Å². The summed E-state index contributed by atoms with van der Waals surface area (Å²) in [5.41, 5.74) is 0. The van der Waals surface area contributed by atoms with Crippen LogP contribution in [0.1, 0.15) is 56.3 Å². The normalized spacial score (nSPS) is 23.7. The van der Waals surface area contributed by atoms with Gasteiger partial charge in [0.05, 0.1) is 11.8 Å². The van der Waals surface area contributed by atoms with Gasteiger partial charge in [-0.15, -0.1) is 0 Å². The molecular formula is C14H20N2O4. The summed E-state index contributed by atoms with van der Waals surface area (Å²) in [5, 5.41) is 13.2. The van der Waals surface area contributed by atoms with E-state index in [1.54, 1.807) is 7.11 Å². The minimum absolute atomic E-state index is 0.195. The molecule has 0 radical (unpaired) electrons. The minimum Gasteiger partial charge on any atom is -0.481 e. The van der Waals surface area contributed by atoms with Crippen molar-refractivity contribution in [2.45, 2.75) is 44.6 Å². The number of hydrogen-bond donors (Lipinski definition) is 1. The molecule has 1 heterocycles. The standard InChI is InChI=1S/C14H20N2O4/c1-3-6-11(19-2)12-15-13(20-16-12)9-7-4-5-8-10(9)14(17)18/h4-5,9-11H,3,6-8H2,1-2H3,(H,17,18). The molecule has 0 amide bonds. The van der Waals surface area contributed by atoms with E-state index in [4.69, 9.17) is 9.26 Å². The molecule has 1 N–H and O–H groups in total. The Morgan fingerprint density at radius 3 is 2.95 bits per heavy atom. The number of aliphatic carboxylic acids is 1. The van der Waals surface area contributed by atoms with Gasteiger partial charge >= 0.3 is 5.97 Å². The molecule has 6 heteroatoms. The summed E-state index contributed by atoms with van der Waals surface area (Å²) in [5.74, 6) is -0.674. The lowest BCUT2D eigenvalue weighted by molar-refractivity contribution is -0.142. The van der Waals surface area contributed by atoms with Crippen LogP contribution < -0.4 is 0 Å². The molecule has 1 aromatic rings. The van der Waals surface area contributed by atoms with Crippen LogP contribution in [0.4, 0.5) is 0 Å². The lowest BCUT2D eigenvalue weighted by Crippen LogP contribution is -2.23. The van der Waals surface area contributed by atoms with Crippen molar-refractivity contribution in [2.75, 3.05) is 7.11 Å². The van der Waals surface area contributed by atoms with Gasteiger partial charge in [0.25, 0.3) is 0 Å². The van der Waals surface area contributed by atoms with E-state index >= 15 is 0 Å². The highest BCUT2D eigenvalue weighted by Gasteiger charge is 2.34. The average molecular weight is 280 g/mol. The van der Waals surface area contributed by atoms with Crippen molar-refractivity contribution in [3.05, 3.63) is 23.9 Å². The monoisotopic (exact) mass is 280 g/mol. The Kier molecular flexibility index (Phi) is 4.89. The van der Waals surface area contributed by atoms with Gasteiger partial charge in [-0.05, 0) is 19.3 Å². The van der Waals surface area contributed by atoms with E-state index in [-0.39, 0.29) is 12.0 Å². The van der Waals surface area contributed by atoms with Crippen molar-refractivity contribution >= 4 is 5.97 Å². The SMILES string of the molecule is CCCC(OC)c1noc(C2CC=CCC2C(=O)O)n1. The van der Waals surface area contributed by atoms with E-state index in [0.717, 1.165) is 12.8 Å². The van der Waals surface area contributed by atoms with Crippen LogP contribution >= 0.6 is 0 Å². The summed E-state index contributed by atoms with van der Waals surface area (Å²) < 4.78 is 10.6. The summed E-state index contributed by atoms with van der Waals surface area (Å²) in [6.07, 6.45) is 6.54. The first kappa shape index (κ1) is 14.7. The van der Waals surface area contributed by atoms with Gasteiger partial charge < -0.3 is 14.4 Å². The highest BCUT2D eigenvalue weighted by molar-refractivity contribution is 5.71. The molecule has 0 saturated heterocycles. The molecule has 0 aromatic carbocycles. The first-order chi connectivity index (χ1) is 9.67. The maximum Gasteiger partial charge on any atom is 0.307 e. The smallest absolute Gasteiger partial charge is 0.307 e. The molecule has 1 aliphatic rings. The van der Waals surface area contributed by atoms with Crippen LogP contribution in [0.15, 0.2) is 16.7 Å². The zero-order chi connectivity index (χ0) is 14.5. The fourth-order valence-electron chi connectivity index (χ4n) is 2.50. The number of allylic oxidation sites excluding steroid dienone is 2. The lowest BCUT2D eigenvalue weighted by atomic mass is 9.83. The maximum atomic E-state index is 11.3. The molecule has 2 rings (SSSR count). The highest BCUT2D eigenvalue weighted by atomic mass is 16.5. The fraction of sp³-hybridized carbons (Fsp3) is 0.643. The summed E-state index contributed by atoms with van der Waals surface area (Å²) in [6, 6.07) is 0. The Morgan fingerprint density at radius 1 is 1.55 bits per heavy atom. The molecule has 1 aliphatic carbocycles. The van der Waals surface area contributed by atoms with Crippen molar-refractivity contribution in [3.63, 3.8) is 0 Å². The van der Waals surface area contributed by atoms with Crippen LogP contribution in [-0.4, -0.2) is 28.3 Å². The van der Waals surface area contributed by atoms with Crippen molar-refractivity contribution in [3.8, 4) is 0 Å². The lowest BCUT2D eigenvalue weighted by Gasteiger charge is -2.21. The summed E-state index contributed by atoms with van der Waals surface area (Å²) in [4.78, 5) is 15.6. The van der Waals surface area contributed by atoms with Crippen LogP contribution in [-0.2, 0) is 9.53 Å². The number of hydrogen-bond acceptors (Lipinski definition) is 5. The number of carbonyl (C=O) groups is 1. The largest absolute Gasteiger partial charge is 0.481 e. The topological polar surface area (TPSA) is 85.5 Å². The third-order valence-corrected chi connectivity index (χ3v) is 3.65. The zero-order valence-corrected chi connectivity index (χ0v) is 11.8. The number of nitrogens with zero attached hydrogens (tertiary/aromatic N) is 2. The molecule has 0 saturated carbocycles. The Labute approximate surface area is 117 Å². The second-order valence-electron chi connectivity index (χ2n) is 5.00. The van der Waals surface area contributed by atoms with Gasteiger partial charge in [0.15, 0.2) is 0 Å². The molecule has 6 nitrogen and oxygen atoms in total. The molecular weight excluding hydrogens is 260 g/mol. The minimum atomic E-state index is -0.823. The predicted molar refractivity (Wildman–Crippen MR) is 71.2 cm³/mol. The van der Waals surface area contributed by atoms with Gasteiger partial charge in [-0.3, -0.25) is 4.79 Å². The molecule has 1 aromatic heterocycles. The Balaban J connectivity index is 2.18. The number of carboxylic acids is 1. The van der Waals surface area contributed by atoms with Crippen molar-refractivity contribution in [1.29, 1.82) is 0 Å². The molecule has 0 bridgehead atoms. The summed E-state index contributed by atoms with van der Waals surface area (Å²) in [7, 11) is 1.61. The fourth-order valence-corrected chi connectivity index (χ4v) is 2.50. The van der Waals surface area contributed by atoms with Crippen LogP contribution in [0.2, 0.25) is 0 Å². The van der Waals surface area contributed by atoms with E-state index in [1.165, 1.54) is 0 Å². The zero-order valence-electron chi connectivity index (χ0n) is 11.8. The molecule has 3 atom stereocenters. The van der Waals surface area contributed by atoms with Crippen LogP contribution in [0.25, 0.3) is 0 Å². The first-order valence-electron chi connectivity index (χ1n) is 6.91. The third-order valence-electron chi connectivity index (χ3n) is 3.65. The third kappa shape index (κ3) is 3.07. The predicted octanol–water partition coefficient (Wildman–Crippen LogP) is 2.69. The number of aromatic nitrogens is 2. The molecule has 0 spiro atoms. The van der Waals surface area contributed by atoms with Gasteiger partial charge in [0, 0.05) is 7.11 Å². The van der Waals surface area contributed by atoms with Gasteiger partial charge in [-0.2, -0.15) is 4.98 Å². The molecule has 20 heavy (non-hydrogen) atoms. The van der Waals surface area contributed by atoms with E-state index in [9.17, 15) is 9.90 Å². The summed E-state index contributed by atoms with van der Waals surface area (Å²) in [6.45, 7) is 2.05. The molecule has 0 aliphatic heterocycles. The van der Waals surface area contributed by atoms with E-state index in [1.807, 2.05) is 12.2 Å². The quantitative estimate of drug-likeness (QED) is 0.806. The molecule has 110 valence electrons. The van der Waals surface area contributed by atoms with Crippen LogP contribution in [0, 0.1) is 5.92 Å². The number of rotatable bonds is 6. The van der Waals surface area contributed by atoms with Gasteiger partial charge in [0.1, 0.15) is 6.10 Å². The second-order valence-corrected chi connectivity index (χ2v) is 5.00. The van der Waals surface area contributed by atoms with Crippen molar-refractivity contribution in [1.82, 2.24) is 10.1 Å². The molecule has 3 unspecified atom stereocenters. The first-order valence-corrected chi connectivity index (χ1v) is 6.91. The maximum absolute atomic E-state index is 11.3. The Bertz CT molecular complexity index is 483. The summed E-state index contributed by atoms with van der Waals surface area (Å²) >= 11 is 0. The second kappa shape index (κ2) is 6.65. The number of carboxylic acid groups (broad SMARTS) is 1. The van der Waals surface area contributed by atoms with Crippen LogP contribution in [0.5, 0.6) is 0 Å². The van der Waals surface area contributed by atoms with Crippen molar-refractivity contribution in [2.24, 2.45) is 5.92 Å². The average Bonchev–Trinajstić information content (AvgIpc) is 2.94. The Morgan fingerprint density at radius 2 is 2.30 bits per heavy atom. The van der Waals surface area contributed by atoms with E-state index < -0.39 is 11.9 Å². The Hall–Kier alpha value is -1.69. The number of ether oxygens (including phenoxy) is 1. The van der Waals surface area contributed by atoms with Crippen LogP contribution in [0.3, 0.4) is 0 Å². The van der Waals surface area contributed by atoms with Gasteiger partial charge in [0.2, 0.25) is 11.7 Å². The number of methoxy groups -OCH3 is 1. The molecule has 0 fully saturated rings.